The zero-order chi connectivity index (χ0) is 23.8. The first-order chi connectivity index (χ1) is 15.7. The normalized spacial score (nSPS) is 11.7. The number of H-pyrrole nitrogens is 1. The monoisotopic (exact) mass is 461 g/mol. The maximum Gasteiger partial charge on any atom is 0.435 e. The molecule has 5 nitrogen and oxygen atoms in total. The fourth-order valence-corrected chi connectivity index (χ4v) is 3.49. The van der Waals surface area contributed by atoms with Crippen LogP contribution in [0.4, 0.5) is 22.0 Å². The molecule has 0 unspecified atom stereocenters. The van der Waals surface area contributed by atoms with E-state index in [9.17, 15) is 26.7 Å². The Morgan fingerprint density at radius 2 is 1.73 bits per heavy atom. The minimum Gasteiger partial charge on any atom is -0.486 e. The van der Waals surface area contributed by atoms with Gasteiger partial charge in [-0.25, -0.2) is 8.78 Å². The zero-order valence-electron chi connectivity index (χ0n) is 17.1. The summed E-state index contributed by atoms with van der Waals surface area (Å²) in [6.45, 7) is 0.990. The van der Waals surface area contributed by atoms with Crippen LogP contribution in [0.1, 0.15) is 32.9 Å². The van der Waals surface area contributed by atoms with Crippen molar-refractivity contribution in [3.05, 3.63) is 88.4 Å². The van der Waals surface area contributed by atoms with Crippen molar-refractivity contribution in [2.24, 2.45) is 0 Å². The van der Waals surface area contributed by atoms with Gasteiger partial charge in [-0.15, -0.1) is 0 Å². The van der Waals surface area contributed by atoms with Crippen LogP contribution in [-0.2, 0) is 19.2 Å². The van der Waals surface area contributed by atoms with Crippen LogP contribution in [0, 0.1) is 18.6 Å². The number of aryl methyl sites for hydroxylation is 1. The number of fused-ring (bicyclic) bond motifs is 1. The molecule has 0 atom stereocenters. The Kier molecular flexibility index (Phi) is 5.84. The average molecular weight is 461 g/mol. The van der Waals surface area contributed by atoms with E-state index in [2.05, 4.69) is 15.2 Å². The summed E-state index contributed by atoms with van der Waals surface area (Å²) in [6.07, 6.45) is -3.91. The van der Waals surface area contributed by atoms with E-state index in [1.54, 1.807) is 12.1 Å². The summed E-state index contributed by atoms with van der Waals surface area (Å²) in [5.74, 6) is -1.94. The van der Waals surface area contributed by atoms with Gasteiger partial charge in [0.15, 0.2) is 11.5 Å². The topological polar surface area (TPSA) is 67.9 Å². The average Bonchev–Trinajstić information content (AvgIpc) is 3.13. The lowest BCUT2D eigenvalue weighted by molar-refractivity contribution is -0.141. The predicted molar refractivity (Wildman–Crippen MR) is 109 cm³/mol. The first-order valence-corrected chi connectivity index (χ1v) is 9.74. The van der Waals surface area contributed by atoms with Crippen molar-refractivity contribution in [2.45, 2.75) is 26.1 Å². The molecule has 0 radical (unpaired) electrons. The molecule has 0 aliphatic heterocycles. The van der Waals surface area contributed by atoms with Gasteiger partial charge < -0.3 is 4.74 Å². The quantitative estimate of drug-likeness (QED) is 0.301. The van der Waals surface area contributed by atoms with Crippen LogP contribution in [0.15, 0.2) is 48.7 Å². The number of hydrogen-bond acceptors (Lipinski definition) is 4. The Morgan fingerprint density at radius 3 is 2.42 bits per heavy atom. The summed E-state index contributed by atoms with van der Waals surface area (Å²) in [7, 11) is 0. The number of Topliss-reactive ketones (excluding diaryl/α,β-unsaturated/α-hetero) is 1. The molecule has 33 heavy (non-hydrogen) atoms. The highest BCUT2D eigenvalue weighted by atomic mass is 19.4. The van der Waals surface area contributed by atoms with Crippen molar-refractivity contribution >= 4 is 16.7 Å². The minimum atomic E-state index is -4.70. The number of nitrogens with one attached hydrogen (secondary N) is 1. The third-order valence-electron chi connectivity index (χ3n) is 5.15. The van der Waals surface area contributed by atoms with Gasteiger partial charge in [0.25, 0.3) is 0 Å². The third kappa shape index (κ3) is 4.41. The summed E-state index contributed by atoms with van der Waals surface area (Å²) in [5.41, 5.74) is -1.12. The summed E-state index contributed by atoms with van der Waals surface area (Å²) in [5, 5.41) is 5.89. The zero-order valence-corrected chi connectivity index (χ0v) is 17.1. The SMILES string of the molecule is Cc1[nH]nc(C(F)(F)F)c1CC(=O)c1ccnc2c(OCc3c(F)cccc3F)cccc12. The number of ketones is 1. The first-order valence-electron chi connectivity index (χ1n) is 9.74. The van der Waals surface area contributed by atoms with Gasteiger partial charge in [0, 0.05) is 34.8 Å². The summed E-state index contributed by atoms with van der Waals surface area (Å²) < 4.78 is 73.1. The second-order valence-corrected chi connectivity index (χ2v) is 7.27. The molecule has 0 aliphatic rings. The van der Waals surface area contributed by atoms with Gasteiger partial charge in [0.1, 0.15) is 29.5 Å². The molecule has 4 rings (SSSR count). The molecule has 2 heterocycles. The Labute approximate surface area is 184 Å². The van der Waals surface area contributed by atoms with E-state index in [0.717, 1.165) is 12.1 Å². The number of hydrogen-bond donors (Lipinski definition) is 1. The molecule has 4 aromatic rings. The number of carbonyl (C=O) groups excluding carboxylic acids is 1. The third-order valence-corrected chi connectivity index (χ3v) is 5.15. The van der Waals surface area contributed by atoms with Gasteiger partial charge in [0.2, 0.25) is 0 Å². The number of rotatable bonds is 6. The van der Waals surface area contributed by atoms with E-state index in [1.165, 1.54) is 31.3 Å². The molecule has 0 aliphatic carbocycles. The van der Waals surface area contributed by atoms with Gasteiger partial charge in [-0.05, 0) is 31.2 Å². The fraction of sp³-hybridized carbons (Fsp3) is 0.174. The maximum absolute atomic E-state index is 13.9. The van der Waals surface area contributed by atoms with Crippen LogP contribution < -0.4 is 4.74 Å². The first kappa shape index (κ1) is 22.4. The van der Waals surface area contributed by atoms with E-state index in [0.29, 0.717) is 5.39 Å². The van der Waals surface area contributed by atoms with Gasteiger partial charge in [-0.2, -0.15) is 18.3 Å². The molecule has 2 aromatic carbocycles. The highest BCUT2D eigenvalue weighted by molar-refractivity contribution is 6.09. The van der Waals surface area contributed by atoms with Gasteiger partial charge in [-0.1, -0.05) is 18.2 Å². The van der Waals surface area contributed by atoms with E-state index >= 15 is 0 Å². The van der Waals surface area contributed by atoms with Crippen LogP contribution in [0.25, 0.3) is 10.9 Å². The molecule has 0 saturated carbocycles. The van der Waals surface area contributed by atoms with Gasteiger partial charge >= 0.3 is 6.18 Å². The van der Waals surface area contributed by atoms with Crippen LogP contribution in [0.3, 0.4) is 0 Å². The number of ether oxygens (including phenoxy) is 1. The highest BCUT2D eigenvalue weighted by Crippen LogP contribution is 2.33. The Morgan fingerprint density at radius 1 is 1.03 bits per heavy atom. The molecule has 0 saturated heterocycles. The fourth-order valence-electron chi connectivity index (χ4n) is 3.49. The van der Waals surface area contributed by atoms with Crippen molar-refractivity contribution in [3.8, 4) is 5.75 Å². The highest BCUT2D eigenvalue weighted by Gasteiger charge is 2.38. The molecular formula is C23H16F5N3O2. The van der Waals surface area contributed by atoms with E-state index < -0.39 is 42.3 Å². The lowest BCUT2D eigenvalue weighted by Gasteiger charge is -2.12. The van der Waals surface area contributed by atoms with Crippen LogP contribution in [-0.4, -0.2) is 21.0 Å². The molecule has 2 aromatic heterocycles. The largest absolute Gasteiger partial charge is 0.486 e. The molecule has 0 spiro atoms. The number of aromatic amines is 1. The Bertz CT molecular complexity index is 1330. The number of benzene rings is 2. The predicted octanol–water partition coefficient (Wildman–Crippen LogP) is 5.57. The maximum atomic E-state index is 13.9. The van der Waals surface area contributed by atoms with Crippen molar-refractivity contribution in [2.75, 3.05) is 0 Å². The lowest BCUT2D eigenvalue weighted by atomic mass is 9.98. The number of nitrogens with zero attached hydrogens (tertiary/aromatic N) is 2. The van der Waals surface area contributed by atoms with Gasteiger partial charge in [0.05, 0.1) is 5.56 Å². The minimum absolute atomic E-state index is 0.135. The van der Waals surface area contributed by atoms with E-state index in [4.69, 9.17) is 4.74 Å². The van der Waals surface area contributed by atoms with Crippen LogP contribution >= 0.6 is 0 Å². The van der Waals surface area contributed by atoms with Gasteiger partial charge in [-0.3, -0.25) is 14.9 Å². The number of alkyl halides is 3. The summed E-state index contributed by atoms with van der Waals surface area (Å²) >= 11 is 0. The Balaban J connectivity index is 1.66. The van der Waals surface area contributed by atoms with Crippen LogP contribution in [0.5, 0.6) is 5.75 Å². The molecule has 170 valence electrons. The smallest absolute Gasteiger partial charge is 0.435 e. The molecule has 0 bridgehead atoms. The van der Waals surface area contributed by atoms with Crippen molar-refractivity contribution in [1.82, 2.24) is 15.2 Å². The number of para-hydroxylation sites is 1. The Hall–Kier alpha value is -3.82. The molecule has 0 amide bonds. The number of carbonyl (C=O) groups is 1. The number of halogens is 5. The second-order valence-electron chi connectivity index (χ2n) is 7.27. The van der Waals surface area contributed by atoms with Crippen molar-refractivity contribution < 1.29 is 31.5 Å². The summed E-state index contributed by atoms with van der Waals surface area (Å²) in [4.78, 5) is 17.2. The number of pyridine rings is 1. The van der Waals surface area contributed by atoms with E-state index in [-0.39, 0.29) is 33.7 Å². The lowest BCUT2D eigenvalue weighted by Crippen LogP contribution is -2.13. The second kappa shape index (κ2) is 8.61. The molecule has 1 N–H and O–H groups in total. The summed E-state index contributed by atoms with van der Waals surface area (Å²) in [6, 6.07) is 9.48. The molecular weight excluding hydrogens is 445 g/mol. The molecule has 10 heteroatoms. The van der Waals surface area contributed by atoms with Crippen molar-refractivity contribution in [1.29, 1.82) is 0 Å². The standard InChI is InChI=1S/C23H16F5N3O2/c1-12-15(22(31-30-12)23(26,27)28)10-19(32)13-8-9-29-21-14(13)4-2-7-20(21)33-11-16-17(24)5-3-6-18(16)25/h2-9H,10-11H2,1H3,(H,30,31). The molecule has 0 fully saturated rings. The van der Waals surface area contributed by atoms with Crippen molar-refractivity contribution in [3.63, 3.8) is 0 Å². The van der Waals surface area contributed by atoms with Crippen LogP contribution in [0.2, 0.25) is 0 Å². The number of aromatic nitrogens is 3. The van der Waals surface area contributed by atoms with E-state index in [1.807, 2.05) is 0 Å².